The molecule has 9 heteroatoms. The topological polar surface area (TPSA) is 109 Å². The van der Waals surface area contributed by atoms with E-state index in [1.54, 1.807) is 11.0 Å². The van der Waals surface area contributed by atoms with Crippen LogP contribution in [0.3, 0.4) is 0 Å². The number of ether oxygens (including phenoxy) is 3. The van der Waals surface area contributed by atoms with Crippen LogP contribution in [0.2, 0.25) is 0 Å². The summed E-state index contributed by atoms with van der Waals surface area (Å²) in [4.78, 5) is 14.8. The average molecular weight is 475 g/mol. The van der Waals surface area contributed by atoms with Crippen LogP contribution in [0.4, 0.5) is 0 Å². The molecule has 2 aromatic carbocycles. The minimum Gasteiger partial charge on any atom is -0.462 e. The summed E-state index contributed by atoms with van der Waals surface area (Å²) in [5.41, 5.74) is 3.25. The van der Waals surface area contributed by atoms with Crippen molar-refractivity contribution < 1.29 is 34.3 Å². The third-order valence-corrected chi connectivity index (χ3v) is 6.29. The van der Waals surface area contributed by atoms with Crippen molar-refractivity contribution in [1.82, 2.24) is 4.90 Å². The lowest BCUT2D eigenvalue weighted by Crippen LogP contribution is -2.51. The van der Waals surface area contributed by atoms with Crippen LogP contribution in [0.1, 0.15) is 22.3 Å². The highest BCUT2D eigenvalue weighted by atomic mass is 31.0. The van der Waals surface area contributed by atoms with Crippen LogP contribution < -0.4 is 10.0 Å². The van der Waals surface area contributed by atoms with Gasteiger partial charge in [0.2, 0.25) is 6.29 Å². The Kier molecular flexibility index (Phi) is 7.64. The standard InChI is InChI=1S/C24H30NO7P/c1-14-8-15(2-3-21(14)32-24-22(28)20(27)12-18(13-26)31-24)16-9-17(11-19(33)10-16)23(29)25-4-6-30-7-5-25/h2-3,8-11,18,20,22,24,26-28H,4-7,12-13,33H2,1H3/t18-,20-,22-,24?/m0/s1. The number of carbonyl (C=O) groups is 1. The molecule has 1 amide bonds. The smallest absolute Gasteiger partial charge is 0.254 e. The largest absolute Gasteiger partial charge is 0.462 e. The van der Waals surface area contributed by atoms with Crippen molar-refractivity contribution in [1.29, 1.82) is 0 Å². The Morgan fingerprint density at radius 3 is 2.61 bits per heavy atom. The van der Waals surface area contributed by atoms with Gasteiger partial charge in [-0.1, -0.05) is 6.07 Å². The monoisotopic (exact) mass is 475 g/mol. The van der Waals surface area contributed by atoms with Crippen molar-refractivity contribution in [2.75, 3.05) is 32.9 Å². The van der Waals surface area contributed by atoms with E-state index in [2.05, 4.69) is 9.24 Å². The quantitative estimate of drug-likeness (QED) is 0.550. The number of rotatable bonds is 5. The van der Waals surface area contributed by atoms with Crippen molar-refractivity contribution in [2.24, 2.45) is 0 Å². The number of morpholine rings is 1. The lowest BCUT2D eigenvalue weighted by molar-refractivity contribution is -0.240. The summed E-state index contributed by atoms with van der Waals surface area (Å²) in [5.74, 6) is 0.487. The van der Waals surface area contributed by atoms with E-state index in [1.807, 2.05) is 37.3 Å². The fourth-order valence-corrected chi connectivity index (χ4v) is 4.47. The predicted octanol–water partition coefficient (Wildman–Crippen LogP) is 0.843. The van der Waals surface area contributed by atoms with Gasteiger partial charge >= 0.3 is 0 Å². The Bertz CT molecular complexity index is 995. The molecule has 2 saturated heterocycles. The molecule has 2 heterocycles. The highest BCUT2D eigenvalue weighted by Crippen LogP contribution is 2.30. The third kappa shape index (κ3) is 5.54. The summed E-state index contributed by atoms with van der Waals surface area (Å²) >= 11 is 0. The van der Waals surface area contributed by atoms with E-state index in [1.165, 1.54) is 0 Å². The Balaban J connectivity index is 1.54. The van der Waals surface area contributed by atoms with Gasteiger partial charge in [-0.15, -0.1) is 9.24 Å². The number of aliphatic hydroxyl groups is 3. The van der Waals surface area contributed by atoms with Gasteiger partial charge in [0.05, 0.1) is 32.0 Å². The molecule has 0 radical (unpaired) electrons. The summed E-state index contributed by atoms with van der Waals surface area (Å²) in [6.07, 6.45) is -3.78. The maximum atomic E-state index is 13.0. The first kappa shape index (κ1) is 24.1. The second-order valence-corrected chi connectivity index (χ2v) is 9.12. The van der Waals surface area contributed by atoms with Crippen molar-refractivity contribution in [3.8, 4) is 16.9 Å². The first-order valence-electron chi connectivity index (χ1n) is 11.0. The normalized spacial score (nSPS) is 25.7. The minimum absolute atomic E-state index is 0.0130. The van der Waals surface area contributed by atoms with E-state index >= 15 is 0 Å². The third-order valence-electron chi connectivity index (χ3n) is 5.96. The molecule has 3 N–H and O–H groups in total. The molecule has 8 nitrogen and oxygen atoms in total. The Morgan fingerprint density at radius 2 is 1.91 bits per heavy atom. The maximum absolute atomic E-state index is 13.0. The Morgan fingerprint density at radius 1 is 1.15 bits per heavy atom. The zero-order chi connectivity index (χ0) is 23.5. The summed E-state index contributed by atoms with van der Waals surface area (Å²) < 4.78 is 16.8. The molecule has 178 valence electrons. The van der Waals surface area contributed by atoms with Gasteiger partial charge in [-0.05, 0) is 59.3 Å². The molecule has 0 saturated carbocycles. The van der Waals surface area contributed by atoms with E-state index < -0.39 is 24.6 Å². The zero-order valence-corrected chi connectivity index (χ0v) is 19.7. The molecule has 5 atom stereocenters. The number of carbonyl (C=O) groups excluding carboxylic acids is 1. The molecular formula is C24H30NO7P. The van der Waals surface area contributed by atoms with Crippen molar-refractivity contribution in [2.45, 2.75) is 37.9 Å². The molecule has 0 spiro atoms. The molecule has 2 unspecified atom stereocenters. The van der Waals surface area contributed by atoms with Gasteiger partial charge in [0.15, 0.2) is 0 Å². The Hall–Kier alpha value is -2.06. The molecule has 2 aliphatic heterocycles. The molecule has 2 fully saturated rings. The fraction of sp³-hybridized carbons (Fsp3) is 0.458. The summed E-state index contributed by atoms with van der Waals surface area (Å²) in [6.45, 7) is 3.88. The fourth-order valence-electron chi connectivity index (χ4n) is 4.11. The van der Waals surface area contributed by atoms with Crippen molar-refractivity contribution in [3.63, 3.8) is 0 Å². The lowest BCUT2D eigenvalue weighted by Gasteiger charge is -2.36. The number of benzene rings is 2. The number of nitrogens with zero attached hydrogens (tertiary/aromatic N) is 1. The number of hydrogen-bond donors (Lipinski definition) is 3. The van der Waals surface area contributed by atoms with Gasteiger partial charge in [0.1, 0.15) is 11.9 Å². The van der Waals surface area contributed by atoms with E-state index in [0.29, 0.717) is 37.6 Å². The van der Waals surface area contributed by atoms with Crippen LogP contribution in [0.5, 0.6) is 5.75 Å². The SMILES string of the molecule is Cc1cc(-c2cc(P)cc(C(=O)N3CCOCC3)c2)ccc1OC1O[C@H](CO)C[C@H](O)[C@@H]1O. The van der Waals surface area contributed by atoms with Crippen LogP contribution in [-0.4, -0.2) is 83.6 Å². The summed E-state index contributed by atoms with van der Waals surface area (Å²) in [7, 11) is 2.66. The molecule has 0 aliphatic carbocycles. The molecule has 0 aromatic heterocycles. The van der Waals surface area contributed by atoms with E-state index in [0.717, 1.165) is 22.0 Å². The van der Waals surface area contributed by atoms with Gasteiger partial charge in [0.25, 0.3) is 5.91 Å². The Labute approximate surface area is 195 Å². The first-order chi connectivity index (χ1) is 15.9. The number of aryl methyl sites for hydroxylation is 1. The lowest BCUT2D eigenvalue weighted by atomic mass is 10.00. The number of amides is 1. The van der Waals surface area contributed by atoms with E-state index in [9.17, 15) is 20.1 Å². The number of hydrogen-bond acceptors (Lipinski definition) is 7. The predicted molar refractivity (Wildman–Crippen MR) is 126 cm³/mol. The molecule has 4 rings (SSSR count). The summed E-state index contributed by atoms with van der Waals surface area (Å²) in [5, 5.41) is 30.5. The van der Waals surface area contributed by atoms with Crippen LogP contribution in [0.25, 0.3) is 11.1 Å². The van der Waals surface area contributed by atoms with Gasteiger partial charge in [0, 0.05) is 25.1 Å². The van der Waals surface area contributed by atoms with Crippen LogP contribution >= 0.6 is 9.24 Å². The van der Waals surface area contributed by atoms with Gasteiger partial charge in [-0.2, -0.15) is 0 Å². The second kappa shape index (κ2) is 10.5. The van der Waals surface area contributed by atoms with Crippen LogP contribution in [-0.2, 0) is 9.47 Å². The van der Waals surface area contributed by atoms with Crippen LogP contribution in [0.15, 0.2) is 36.4 Å². The molecule has 2 aromatic rings. The second-order valence-electron chi connectivity index (χ2n) is 8.45. The minimum atomic E-state index is -1.21. The van der Waals surface area contributed by atoms with E-state index in [4.69, 9.17) is 14.2 Å². The average Bonchev–Trinajstić information content (AvgIpc) is 2.82. The zero-order valence-electron chi connectivity index (χ0n) is 18.5. The molecule has 0 bridgehead atoms. The van der Waals surface area contributed by atoms with Gasteiger partial charge < -0.3 is 34.4 Å². The van der Waals surface area contributed by atoms with Gasteiger partial charge in [-0.3, -0.25) is 4.79 Å². The molecular weight excluding hydrogens is 445 g/mol. The highest BCUT2D eigenvalue weighted by Gasteiger charge is 2.38. The highest BCUT2D eigenvalue weighted by molar-refractivity contribution is 7.27. The van der Waals surface area contributed by atoms with E-state index in [-0.39, 0.29) is 18.9 Å². The molecule has 2 aliphatic rings. The molecule has 33 heavy (non-hydrogen) atoms. The maximum Gasteiger partial charge on any atom is 0.254 e. The van der Waals surface area contributed by atoms with Gasteiger partial charge in [-0.25, -0.2) is 0 Å². The van der Waals surface area contributed by atoms with Crippen molar-refractivity contribution >= 4 is 20.5 Å². The first-order valence-corrected chi connectivity index (χ1v) is 11.6. The van der Waals surface area contributed by atoms with Crippen molar-refractivity contribution in [3.05, 3.63) is 47.5 Å². The summed E-state index contributed by atoms with van der Waals surface area (Å²) in [6, 6.07) is 11.3. The van der Waals surface area contributed by atoms with Crippen LogP contribution in [0, 0.1) is 6.92 Å². The number of aliphatic hydroxyl groups excluding tert-OH is 3.